The number of halogens is 4. The first-order chi connectivity index (χ1) is 17.4. The Morgan fingerprint density at radius 1 is 0.361 bits per heavy atom. The lowest BCUT2D eigenvalue weighted by atomic mass is 9.84. The van der Waals surface area contributed by atoms with Crippen LogP contribution < -0.4 is 10.9 Å². The van der Waals surface area contributed by atoms with Gasteiger partial charge in [0.05, 0.1) is 0 Å². The third-order valence-corrected chi connectivity index (χ3v) is 10.2. The van der Waals surface area contributed by atoms with Gasteiger partial charge in [-0.05, 0) is 80.8 Å². The fourth-order valence-corrected chi connectivity index (χ4v) is 8.26. The molecule has 170 valence electrons. The van der Waals surface area contributed by atoms with E-state index in [0.29, 0.717) is 21.5 Å². The second-order valence-corrected chi connectivity index (χ2v) is 12.7. The number of rotatable bonds is 0. The minimum absolute atomic E-state index is 0.00393. The molecule has 0 heterocycles. The monoisotopic (exact) mass is 718 g/mol. The minimum atomic E-state index is 0.00393. The summed E-state index contributed by atoms with van der Waals surface area (Å²) in [5, 5.41) is 12.7. The molecular weight excluding hydrogens is 712 g/mol. The molecule has 0 aliphatic carbocycles. The van der Waals surface area contributed by atoms with Crippen molar-refractivity contribution in [2.45, 2.75) is 0 Å². The highest BCUT2D eigenvalue weighted by atomic mass is 79.9. The van der Waals surface area contributed by atoms with Gasteiger partial charge in [0, 0.05) is 61.0 Å². The third-order valence-electron chi connectivity index (χ3n) is 7.55. The van der Waals surface area contributed by atoms with Crippen LogP contribution in [0, 0.1) is 0 Å². The molecule has 0 saturated carbocycles. The van der Waals surface area contributed by atoms with Crippen LogP contribution in [0.15, 0.2) is 88.1 Å². The van der Waals surface area contributed by atoms with Crippen LogP contribution in [-0.4, -0.2) is 0 Å². The lowest BCUT2D eigenvalue weighted by molar-refractivity contribution is 1.66. The average molecular weight is 722 g/mol. The summed E-state index contributed by atoms with van der Waals surface area (Å²) in [6.45, 7) is 0. The Kier molecular flexibility index (Phi) is 4.30. The molecule has 0 aromatic heterocycles. The van der Waals surface area contributed by atoms with Gasteiger partial charge in [-0.1, -0.05) is 75.9 Å². The summed E-state index contributed by atoms with van der Waals surface area (Å²) >= 11 is 14.7. The van der Waals surface area contributed by atoms with Crippen molar-refractivity contribution in [2.24, 2.45) is 0 Å². The predicted octanol–water partition coefficient (Wildman–Crippen LogP) is 9.84. The fourth-order valence-electron chi connectivity index (χ4n) is 6.15. The Labute approximate surface area is 236 Å². The van der Waals surface area contributed by atoms with E-state index < -0.39 is 0 Å². The molecule has 0 unspecified atom stereocenters. The van der Waals surface area contributed by atoms with E-state index in [9.17, 15) is 9.59 Å². The van der Waals surface area contributed by atoms with E-state index in [-0.39, 0.29) is 10.9 Å². The lowest BCUT2D eigenvalue weighted by Crippen LogP contribution is -2.07. The second-order valence-electron chi connectivity index (χ2n) is 9.24. The van der Waals surface area contributed by atoms with E-state index in [2.05, 4.69) is 75.9 Å². The van der Waals surface area contributed by atoms with Gasteiger partial charge in [0.25, 0.3) is 0 Å². The van der Waals surface area contributed by atoms with Crippen LogP contribution in [0.25, 0.3) is 75.4 Å². The molecule has 0 radical (unpaired) electrons. The first-order valence-electron chi connectivity index (χ1n) is 11.2. The van der Waals surface area contributed by atoms with Crippen molar-refractivity contribution >= 4 is 139 Å². The lowest BCUT2D eigenvalue weighted by Gasteiger charge is -2.19. The molecule has 2 nitrogen and oxygen atoms in total. The molecule has 0 N–H and O–H groups in total. The Balaban J connectivity index is 1.79. The summed E-state index contributed by atoms with van der Waals surface area (Å²) in [4.78, 5) is 27.6. The summed E-state index contributed by atoms with van der Waals surface area (Å²) in [6.07, 6.45) is 0. The maximum atomic E-state index is 13.8. The van der Waals surface area contributed by atoms with Crippen molar-refractivity contribution in [1.82, 2.24) is 0 Å². The van der Waals surface area contributed by atoms with Crippen LogP contribution in [0.4, 0.5) is 0 Å². The van der Waals surface area contributed by atoms with E-state index in [1.807, 2.05) is 48.5 Å². The van der Waals surface area contributed by atoms with Crippen LogP contribution in [0.1, 0.15) is 0 Å². The Bertz CT molecular complexity index is 2230. The van der Waals surface area contributed by atoms with Crippen molar-refractivity contribution in [3.63, 3.8) is 0 Å². The Morgan fingerprint density at radius 2 is 0.722 bits per heavy atom. The standard InChI is InChI=1S/C30H10Br4O2/c31-17-5-8-20(34)28-25(17)15-9-11-1-3-13-23-16(26-18(32)6-7-19(33)27(26)29(13)35)10-12-2-4-14(30(28)36)24(15)22(12)21(11)23/h1-10H. The van der Waals surface area contributed by atoms with E-state index in [4.69, 9.17) is 0 Å². The SMILES string of the molecule is O=c1c2ccc3cc4c5c(Br)ccc(Br)c5c(=O)c5ccc6cc(c7c(Br)ccc(Br)c17)c2c3c6c54. The maximum absolute atomic E-state index is 13.8. The summed E-state index contributed by atoms with van der Waals surface area (Å²) in [5.41, 5.74) is 0.00787. The number of fused-ring (bicyclic) bond motifs is 4. The molecule has 0 amide bonds. The highest BCUT2D eigenvalue weighted by Crippen LogP contribution is 2.47. The molecule has 8 rings (SSSR count). The van der Waals surface area contributed by atoms with Gasteiger partial charge in [0.15, 0.2) is 10.9 Å². The molecule has 6 heteroatoms. The predicted molar refractivity (Wildman–Crippen MR) is 166 cm³/mol. The number of benzene rings is 8. The van der Waals surface area contributed by atoms with Crippen molar-refractivity contribution in [3.05, 3.63) is 99.0 Å². The Morgan fingerprint density at radius 3 is 1.11 bits per heavy atom. The normalized spacial score (nSPS) is 12.7. The van der Waals surface area contributed by atoms with Crippen LogP contribution >= 0.6 is 63.7 Å². The van der Waals surface area contributed by atoms with Crippen LogP contribution in [0.3, 0.4) is 0 Å². The second kappa shape index (κ2) is 7.13. The van der Waals surface area contributed by atoms with Crippen molar-refractivity contribution in [2.75, 3.05) is 0 Å². The van der Waals surface area contributed by atoms with Gasteiger partial charge in [-0.2, -0.15) is 0 Å². The zero-order valence-electron chi connectivity index (χ0n) is 18.1. The molecule has 0 aliphatic rings. The number of hydrogen-bond acceptors (Lipinski definition) is 2. The first kappa shape index (κ1) is 21.7. The fraction of sp³-hybridized carbons (Fsp3) is 0. The molecule has 0 aliphatic heterocycles. The van der Waals surface area contributed by atoms with Gasteiger partial charge in [0.1, 0.15) is 0 Å². The van der Waals surface area contributed by atoms with Crippen LogP contribution in [-0.2, 0) is 0 Å². The van der Waals surface area contributed by atoms with Gasteiger partial charge < -0.3 is 0 Å². The van der Waals surface area contributed by atoms with Gasteiger partial charge in [0.2, 0.25) is 0 Å². The maximum Gasteiger partial charge on any atom is 0.195 e. The van der Waals surface area contributed by atoms with E-state index >= 15 is 0 Å². The highest BCUT2D eigenvalue weighted by molar-refractivity contribution is 9.11. The van der Waals surface area contributed by atoms with Gasteiger partial charge >= 0.3 is 0 Å². The molecule has 36 heavy (non-hydrogen) atoms. The Hall–Kier alpha value is -2.38. The molecular formula is C30H10Br4O2. The van der Waals surface area contributed by atoms with Crippen molar-refractivity contribution in [3.8, 4) is 0 Å². The molecule has 0 spiro atoms. The largest absolute Gasteiger partial charge is 0.289 e. The molecule has 0 fully saturated rings. The minimum Gasteiger partial charge on any atom is -0.289 e. The summed E-state index contributed by atoms with van der Waals surface area (Å²) in [5.74, 6) is 0. The van der Waals surface area contributed by atoms with Crippen LogP contribution in [0.5, 0.6) is 0 Å². The van der Waals surface area contributed by atoms with Crippen LogP contribution in [0.2, 0.25) is 0 Å². The quantitative estimate of drug-likeness (QED) is 0.115. The van der Waals surface area contributed by atoms with Gasteiger partial charge in [-0.3, -0.25) is 9.59 Å². The summed E-state index contributed by atoms with van der Waals surface area (Å²) in [7, 11) is 0. The van der Waals surface area contributed by atoms with Crippen molar-refractivity contribution in [1.29, 1.82) is 0 Å². The third kappa shape index (κ3) is 2.47. The zero-order chi connectivity index (χ0) is 24.6. The zero-order valence-corrected chi connectivity index (χ0v) is 24.4. The molecule has 0 bridgehead atoms. The molecule has 0 saturated heterocycles. The summed E-state index contributed by atoms with van der Waals surface area (Å²) < 4.78 is 3.34. The topological polar surface area (TPSA) is 34.1 Å². The van der Waals surface area contributed by atoms with Crippen molar-refractivity contribution < 1.29 is 0 Å². The number of hydrogen-bond donors (Lipinski definition) is 0. The average Bonchev–Trinajstić information content (AvgIpc) is 2.87. The highest BCUT2D eigenvalue weighted by Gasteiger charge is 2.23. The van der Waals surface area contributed by atoms with E-state index in [0.717, 1.165) is 71.8 Å². The van der Waals surface area contributed by atoms with E-state index in [1.54, 1.807) is 0 Å². The van der Waals surface area contributed by atoms with E-state index in [1.165, 1.54) is 0 Å². The van der Waals surface area contributed by atoms with Gasteiger partial charge in [-0.15, -0.1) is 0 Å². The first-order valence-corrected chi connectivity index (χ1v) is 14.4. The molecule has 8 aromatic carbocycles. The van der Waals surface area contributed by atoms with Gasteiger partial charge in [-0.25, -0.2) is 0 Å². The molecule has 8 aromatic rings. The molecule has 0 atom stereocenters. The smallest absolute Gasteiger partial charge is 0.195 e. The summed E-state index contributed by atoms with van der Waals surface area (Å²) in [6, 6.07) is 20.1.